The molecular formula is C11H22N2O2. The van der Waals surface area contributed by atoms with E-state index in [2.05, 4.69) is 28.9 Å². The van der Waals surface area contributed by atoms with Gasteiger partial charge in [0.1, 0.15) is 0 Å². The minimum atomic E-state index is -0.147. The van der Waals surface area contributed by atoms with E-state index in [0.717, 1.165) is 12.6 Å². The van der Waals surface area contributed by atoms with Crippen LogP contribution in [0.3, 0.4) is 0 Å². The van der Waals surface area contributed by atoms with Crippen LogP contribution in [0.1, 0.15) is 26.2 Å². The Hall–Kier alpha value is -0.610. The van der Waals surface area contributed by atoms with Gasteiger partial charge in [0.2, 0.25) is 0 Å². The molecule has 4 nitrogen and oxygen atoms in total. The standard InChI is InChI=1S/C11H22N2O2/c1-9(13(2)10-4-5-10)8-12-7-6-11(14)15-3/h9-10,12H,4-8H2,1-3H3. The molecule has 4 heteroatoms. The van der Waals surface area contributed by atoms with Gasteiger partial charge in [0.25, 0.3) is 0 Å². The van der Waals surface area contributed by atoms with Crippen LogP contribution in [0, 0.1) is 0 Å². The number of nitrogens with zero attached hydrogens (tertiary/aromatic N) is 1. The van der Waals surface area contributed by atoms with E-state index < -0.39 is 0 Å². The maximum absolute atomic E-state index is 10.8. The van der Waals surface area contributed by atoms with Crippen LogP contribution in [-0.4, -0.2) is 50.2 Å². The van der Waals surface area contributed by atoms with Gasteiger partial charge < -0.3 is 10.1 Å². The molecule has 0 aliphatic heterocycles. The highest BCUT2D eigenvalue weighted by Crippen LogP contribution is 2.26. The van der Waals surface area contributed by atoms with E-state index in [0.29, 0.717) is 19.0 Å². The van der Waals surface area contributed by atoms with E-state index >= 15 is 0 Å². The molecule has 0 spiro atoms. The van der Waals surface area contributed by atoms with E-state index in [-0.39, 0.29) is 5.97 Å². The van der Waals surface area contributed by atoms with Crippen LogP contribution < -0.4 is 5.32 Å². The number of hydrogen-bond donors (Lipinski definition) is 1. The number of carbonyl (C=O) groups excluding carboxylic acids is 1. The quantitative estimate of drug-likeness (QED) is 0.498. The van der Waals surface area contributed by atoms with E-state index in [1.807, 2.05) is 0 Å². The van der Waals surface area contributed by atoms with Crippen LogP contribution in [0.4, 0.5) is 0 Å². The number of rotatable bonds is 7. The molecule has 0 aromatic heterocycles. The normalized spacial score (nSPS) is 17.9. The first-order chi connectivity index (χ1) is 7.15. The zero-order valence-electron chi connectivity index (χ0n) is 9.95. The van der Waals surface area contributed by atoms with Crippen LogP contribution in [0.15, 0.2) is 0 Å². The van der Waals surface area contributed by atoms with Gasteiger partial charge in [0.05, 0.1) is 13.5 Å². The summed E-state index contributed by atoms with van der Waals surface area (Å²) in [5.74, 6) is -0.147. The lowest BCUT2D eigenvalue weighted by molar-refractivity contribution is -0.140. The Bertz CT molecular complexity index is 205. The van der Waals surface area contributed by atoms with Gasteiger partial charge in [-0.1, -0.05) is 0 Å². The molecule has 0 bridgehead atoms. The second kappa shape index (κ2) is 6.08. The molecule has 0 saturated heterocycles. The van der Waals surface area contributed by atoms with Crippen molar-refractivity contribution in [1.29, 1.82) is 0 Å². The molecule has 1 rings (SSSR count). The molecule has 1 aliphatic rings. The Morgan fingerprint density at radius 3 is 2.80 bits per heavy atom. The third-order valence-corrected chi connectivity index (χ3v) is 2.99. The van der Waals surface area contributed by atoms with Crippen molar-refractivity contribution in [2.45, 2.75) is 38.3 Å². The number of nitrogens with one attached hydrogen (secondary N) is 1. The summed E-state index contributed by atoms with van der Waals surface area (Å²) < 4.78 is 4.56. The van der Waals surface area contributed by atoms with E-state index in [4.69, 9.17) is 0 Å². The Balaban J connectivity index is 2.01. The maximum atomic E-state index is 10.8. The van der Waals surface area contributed by atoms with Crippen molar-refractivity contribution in [2.75, 3.05) is 27.2 Å². The average molecular weight is 214 g/mol. The van der Waals surface area contributed by atoms with Gasteiger partial charge in [-0.15, -0.1) is 0 Å². The van der Waals surface area contributed by atoms with Crippen LogP contribution in [-0.2, 0) is 9.53 Å². The smallest absolute Gasteiger partial charge is 0.306 e. The third-order valence-electron chi connectivity index (χ3n) is 2.99. The molecular weight excluding hydrogens is 192 g/mol. The summed E-state index contributed by atoms with van der Waals surface area (Å²) in [5.41, 5.74) is 0. The first-order valence-electron chi connectivity index (χ1n) is 5.64. The minimum Gasteiger partial charge on any atom is -0.469 e. The van der Waals surface area contributed by atoms with E-state index in [1.165, 1.54) is 20.0 Å². The number of methoxy groups -OCH3 is 1. The lowest BCUT2D eigenvalue weighted by Crippen LogP contribution is -2.39. The molecule has 1 saturated carbocycles. The summed E-state index contributed by atoms with van der Waals surface area (Å²) in [6, 6.07) is 1.33. The molecule has 0 amide bonds. The Labute approximate surface area is 92.0 Å². The lowest BCUT2D eigenvalue weighted by Gasteiger charge is -2.24. The van der Waals surface area contributed by atoms with Crippen LogP contribution in [0.5, 0.6) is 0 Å². The Morgan fingerprint density at radius 2 is 2.27 bits per heavy atom. The fourth-order valence-corrected chi connectivity index (χ4v) is 1.59. The molecule has 1 aliphatic carbocycles. The molecule has 1 unspecified atom stereocenters. The highest BCUT2D eigenvalue weighted by molar-refractivity contribution is 5.69. The van der Waals surface area contributed by atoms with Gasteiger partial charge in [-0.3, -0.25) is 9.69 Å². The second-order valence-corrected chi connectivity index (χ2v) is 4.28. The van der Waals surface area contributed by atoms with Crippen LogP contribution >= 0.6 is 0 Å². The summed E-state index contributed by atoms with van der Waals surface area (Å²) in [5, 5.41) is 3.27. The first kappa shape index (κ1) is 12.5. The number of ether oxygens (including phenoxy) is 1. The van der Waals surface area contributed by atoms with Crippen molar-refractivity contribution >= 4 is 5.97 Å². The zero-order valence-corrected chi connectivity index (χ0v) is 9.95. The molecule has 0 aromatic carbocycles. The molecule has 1 N–H and O–H groups in total. The van der Waals surface area contributed by atoms with Gasteiger partial charge in [0.15, 0.2) is 0 Å². The average Bonchev–Trinajstić information content (AvgIpc) is 3.06. The van der Waals surface area contributed by atoms with Crippen LogP contribution in [0.2, 0.25) is 0 Å². The fraction of sp³-hybridized carbons (Fsp3) is 0.909. The number of esters is 1. The van der Waals surface area contributed by atoms with Gasteiger partial charge in [-0.25, -0.2) is 0 Å². The molecule has 15 heavy (non-hydrogen) atoms. The first-order valence-corrected chi connectivity index (χ1v) is 5.64. The molecule has 1 atom stereocenters. The molecule has 88 valence electrons. The van der Waals surface area contributed by atoms with Crippen molar-refractivity contribution in [3.05, 3.63) is 0 Å². The number of hydrogen-bond acceptors (Lipinski definition) is 4. The SMILES string of the molecule is COC(=O)CCNCC(C)N(C)C1CC1. The van der Waals surface area contributed by atoms with Crippen molar-refractivity contribution in [1.82, 2.24) is 10.2 Å². The summed E-state index contributed by atoms with van der Waals surface area (Å²) >= 11 is 0. The Kier molecular flexibility index (Phi) is 5.05. The maximum Gasteiger partial charge on any atom is 0.306 e. The van der Waals surface area contributed by atoms with Crippen LogP contribution in [0.25, 0.3) is 0 Å². The molecule has 0 aromatic rings. The van der Waals surface area contributed by atoms with Gasteiger partial charge in [-0.2, -0.15) is 0 Å². The monoisotopic (exact) mass is 214 g/mol. The third kappa shape index (κ3) is 4.62. The van der Waals surface area contributed by atoms with Crippen molar-refractivity contribution in [2.24, 2.45) is 0 Å². The largest absolute Gasteiger partial charge is 0.469 e. The predicted octanol–water partition coefficient (Wildman–Crippen LogP) is 0.622. The fourth-order valence-electron chi connectivity index (χ4n) is 1.59. The second-order valence-electron chi connectivity index (χ2n) is 4.28. The minimum absolute atomic E-state index is 0.147. The molecule has 0 heterocycles. The van der Waals surface area contributed by atoms with Crippen molar-refractivity contribution in [3.8, 4) is 0 Å². The van der Waals surface area contributed by atoms with Gasteiger partial charge >= 0.3 is 5.97 Å². The predicted molar refractivity (Wildman–Crippen MR) is 59.7 cm³/mol. The summed E-state index contributed by atoms with van der Waals surface area (Å²) in [7, 11) is 3.59. The van der Waals surface area contributed by atoms with Crippen molar-refractivity contribution in [3.63, 3.8) is 0 Å². The highest BCUT2D eigenvalue weighted by atomic mass is 16.5. The highest BCUT2D eigenvalue weighted by Gasteiger charge is 2.28. The summed E-state index contributed by atoms with van der Waals surface area (Å²) in [4.78, 5) is 13.2. The van der Waals surface area contributed by atoms with E-state index in [1.54, 1.807) is 0 Å². The summed E-state index contributed by atoms with van der Waals surface area (Å²) in [6.07, 6.45) is 3.13. The lowest BCUT2D eigenvalue weighted by atomic mass is 10.3. The molecule has 1 fully saturated rings. The number of carbonyl (C=O) groups is 1. The zero-order chi connectivity index (χ0) is 11.3. The number of likely N-dealkylation sites (N-methyl/N-ethyl adjacent to an activating group) is 1. The Morgan fingerprint density at radius 1 is 1.60 bits per heavy atom. The molecule has 0 radical (unpaired) electrons. The summed E-state index contributed by atoms with van der Waals surface area (Å²) in [6.45, 7) is 3.85. The topological polar surface area (TPSA) is 41.6 Å². The van der Waals surface area contributed by atoms with Gasteiger partial charge in [0, 0.05) is 25.2 Å². The van der Waals surface area contributed by atoms with E-state index in [9.17, 15) is 4.79 Å². The van der Waals surface area contributed by atoms with Gasteiger partial charge in [-0.05, 0) is 26.8 Å². The van der Waals surface area contributed by atoms with Crippen molar-refractivity contribution < 1.29 is 9.53 Å².